The van der Waals surface area contributed by atoms with Crippen LogP contribution >= 0.6 is 0 Å². The molecule has 14 heavy (non-hydrogen) atoms. The van der Waals surface area contributed by atoms with Crippen molar-refractivity contribution in [3.05, 3.63) is 0 Å². The summed E-state index contributed by atoms with van der Waals surface area (Å²) in [6.07, 6.45) is 5.13. The molecule has 0 spiro atoms. The van der Waals surface area contributed by atoms with E-state index in [2.05, 4.69) is 0 Å². The number of Topliss-reactive ketones (excluding diaryl/α,β-unsaturated/α-hetero) is 1. The van der Waals surface area contributed by atoms with Gasteiger partial charge in [-0.2, -0.15) is 0 Å². The number of alkyl halides is 1. The maximum Gasteiger partial charge on any atom is 0.136 e. The van der Waals surface area contributed by atoms with Crippen LogP contribution in [-0.2, 0) is 4.79 Å². The quantitative estimate of drug-likeness (QED) is 0.630. The number of hydrogen-bond acceptors (Lipinski definition) is 1. The molecule has 0 aliphatic heterocycles. The van der Waals surface area contributed by atoms with Gasteiger partial charge in [0.2, 0.25) is 0 Å². The van der Waals surface area contributed by atoms with Gasteiger partial charge in [0.25, 0.3) is 0 Å². The minimum absolute atomic E-state index is 0.244. The van der Waals surface area contributed by atoms with Crippen LogP contribution in [0.2, 0.25) is 0 Å². The van der Waals surface area contributed by atoms with Crippen LogP contribution in [0.3, 0.4) is 0 Å². The maximum atomic E-state index is 14.3. The van der Waals surface area contributed by atoms with Crippen molar-refractivity contribution in [1.29, 1.82) is 0 Å². The van der Waals surface area contributed by atoms with Crippen molar-refractivity contribution in [2.45, 2.75) is 51.1 Å². The molecule has 0 N–H and O–H groups in total. The highest BCUT2D eigenvalue weighted by atomic mass is 19.1. The molecular weight excluding hydrogens is 179 g/mol. The fourth-order valence-corrected chi connectivity index (χ4v) is 4.56. The molecule has 0 amide bonds. The van der Waals surface area contributed by atoms with Crippen molar-refractivity contribution in [3.63, 3.8) is 0 Å². The van der Waals surface area contributed by atoms with Crippen LogP contribution in [0.4, 0.5) is 4.39 Å². The Bertz CT molecular complexity index is 283. The molecule has 2 heteroatoms. The van der Waals surface area contributed by atoms with Gasteiger partial charge in [-0.3, -0.25) is 4.79 Å². The van der Waals surface area contributed by atoms with Gasteiger partial charge in [-0.1, -0.05) is 0 Å². The lowest BCUT2D eigenvalue weighted by Gasteiger charge is -2.58. The van der Waals surface area contributed by atoms with Crippen molar-refractivity contribution in [2.75, 3.05) is 0 Å². The Morgan fingerprint density at radius 3 is 2.21 bits per heavy atom. The molecule has 0 aromatic heterocycles. The molecule has 4 bridgehead atoms. The van der Waals surface area contributed by atoms with Crippen LogP contribution in [0, 0.1) is 17.3 Å². The second-order valence-corrected chi connectivity index (χ2v) is 5.95. The number of carbonyl (C=O) groups excluding carboxylic acids is 1. The maximum absolute atomic E-state index is 14.3. The molecule has 0 radical (unpaired) electrons. The van der Waals surface area contributed by atoms with Gasteiger partial charge in [0.15, 0.2) is 0 Å². The number of carbonyl (C=O) groups is 1. The third-order valence-electron chi connectivity index (χ3n) is 4.74. The van der Waals surface area contributed by atoms with E-state index in [1.807, 2.05) is 0 Å². The molecule has 2 atom stereocenters. The standard InChI is InChI=1S/C12H17FO/c1-8(14)11-3-9-2-10(4-11)6-12(13,5-9)7-11/h9-10H,2-7H2,1H3. The Balaban J connectivity index is 2.00. The lowest BCUT2D eigenvalue weighted by Crippen LogP contribution is -2.55. The first-order valence-electron chi connectivity index (χ1n) is 5.71. The zero-order valence-electron chi connectivity index (χ0n) is 8.68. The van der Waals surface area contributed by atoms with Gasteiger partial charge in [-0.15, -0.1) is 0 Å². The first-order valence-corrected chi connectivity index (χ1v) is 5.71. The van der Waals surface area contributed by atoms with E-state index in [9.17, 15) is 9.18 Å². The highest BCUT2D eigenvalue weighted by Crippen LogP contribution is 2.63. The van der Waals surface area contributed by atoms with E-state index >= 15 is 0 Å². The van der Waals surface area contributed by atoms with E-state index in [0.717, 1.165) is 25.7 Å². The highest BCUT2D eigenvalue weighted by Gasteiger charge is 2.59. The first kappa shape index (κ1) is 8.87. The summed E-state index contributed by atoms with van der Waals surface area (Å²) in [5, 5.41) is 0. The lowest BCUT2D eigenvalue weighted by molar-refractivity contribution is -0.156. The molecule has 0 heterocycles. The molecule has 4 aliphatic rings. The number of hydrogen-bond donors (Lipinski definition) is 0. The smallest absolute Gasteiger partial charge is 0.136 e. The Morgan fingerprint density at radius 2 is 1.79 bits per heavy atom. The van der Waals surface area contributed by atoms with Crippen LogP contribution in [0.5, 0.6) is 0 Å². The van der Waals surface area contributed by atoms with Gasteiger partial charge in [-0.05, 0) is 57.3 Å². The molecular formula is C12H17FO. The third kappa shape index (κ3) is 1.03. The fraction of sp³-hybridized carbons (Fsp3) is 0.917. The summed E-state index contributed by atoms with van der Waals surface area (Å²) in [6.45, 7) is 1.66. The van der Waals surface area contributed by atoms with Gasteiger partial charge in [0, 0.05) is 5.41 Å². The molecule has 78 valence electrons. The molecule has 4 rings (SSSR count). The van der Waals surface area contributed by atoms with Crippen LogP contribution in [0.15, 0.2) is 0 Å². The van der Waals surface area contributed by atoms with E-state index in [-0.39, 0.29) is 11.2 Å². The van der Waals surface area contributed by atoms with Crippen molar-refractivity contribution in [3.8, 4) is 0 Å². The summed E-state index contributed by atoms with van der Waals surface area (Å²) < 4.78 is 14.3. The highest BCUT2D eigenvalue weighted by molar-refractivity contribution is 5.83. The monoisotopic (exact) mass is 196 g/mol. The molecule has 0 aromatic rings. The average molecular weight is 196 g/mol. The van der Waals surface area contributed by atoms with Crippen LogP contribution in [0.1, 0.15) is 45.4 Å². The Hall–Kier alpha value is -0.400. The summed E-state index contributed by atoms with van der Waals surface area (Å²) in [5.41, 5.74) is -1.23. The molecule has 0 saturated heterocycles. The van der Waals surface area contributed by atoms with Crippen molar-refractivity contribution in [1.82, 2.24) is 0 Å². The van der Waals surface area contributed by atoms with Gasteiger partial charge >= 0.3 is 0 Å². The second kappa shape index (κ2) is 2.40. The molecule has 4 saturated carbocycles. The Morgan fingerprint density at radius 1 is 1.21 bits per heavy atom. The van der Waals surface area contributed by atoms with Crippen LogP contribution in [-0.4, -0.2) is 11.5 Å². The fourth-order valence-electron chi connectivity index (χ4n) is 4.56. The number of ketones is 1. The predicted octanol–water partition coefficient (Wildman–Crippen LogP) is 2.88. The van der Waals surface area contributed by atoms with Gasteiger partial charge in [-0.25, -0.2) is 4.39 Å². The summed E-state index contributed by atoms with van der Waals surface area (Å²) in [7, 11) is 0. The summed E-state index contributed by atoms with van der Waals surface area (Å²) in [6, 6.07) is 0. The summed E-state index contributed by atoms with van der Waals surface area (Å²) >= 11 is 0. The summed E-state index contributed by atoms with van der Waals surface area (Å²) in [4.78, 5) is 11.7. The molecule has 2 unspecified atom stereocenters. The van der Waals surface area contributed by atoms with Crippen LogP contribution < -0.4 is 0 Å². The average Bonchev–Trinajstić information content (AvgIpc) is 1.98. The topological polar surface area (TPSA) is 17.1 Å². The molecule has 4 aliphatic carbocycles. The van der Waals surface area contributed by atoms with E-state index < -0.39 is 5.67 Å². The van der Waals surface area contributed by atoms with Crippen molar-refractivity contribution >= 4 is 5.78 Å². The number of rotatable bonds is 1. The largest absolute Gasteiger partial charge is 0.299 e. The van der Waals surface area contributed by atoms with Crippen LogP contribution in [0.25, 0.3) is 0 Å². The number of halogens is 1. The lowest BCUT2D eigenvalue weighted by atomic mass is 9.47. The van der Waals surface area contributed by atoms with Crippen molar-refractivity contribution in [2.24, 2.45) is 17.3 Å². The zero-order chi connectivity index (χ0) is 9.97. The SMILES string of the molecule is CC(=O)C12CC3CC(CC(F)(C3)C1)C2. The van der Waals surface area contributed by atoms with Gasteiger partial charge in [0.1, 0.15) is 11.5 Å². The summed E-state index contributed by atoms with van der Waals surface area (Å²) in [5.74, 6) is 1.25. The zero-order valence-corrected chi connectivity index (χ0v) is 8.68. The minimum Gasteiger partial charge on any atom is -0.299 e. The molecule has 1 nitrogen and oxygen atoms in total. The van der Waals surface area contributed by atoms with Crippen molar-refractivity contribution < 1.29 is 9.18 Å². The molecule has 4 fully saturated rings. The first-order chi connectivity index (χ1) is 6.51. The Kier molecular flexibility index (Phi) is 1.52. The normalized spacial score (nSPS) is 55.0. The molecule has 0 aromatic carbocycles. The van der Waals surface area contributed by atoms with E-state index in [4.69, 9.17) is 0 Å². The van der Waals surface area contributed by atoms with E-state index in [1.54, 1.807) is 6.92 Å². The second-order valence-electron chi connectivity index (χ2n) is 5.95. The minimum atomic E-state index is -0.976. The predicted molar refractivity (Wildman–Crippen MR) is 51.6 cm³/mol. The van der Waals surface area contributed by atoms with Gasteiger partial charge in [0.05, 0.1) is 0 Å². The van der Waals surface area contributed by atoms with E-state index in [1.165, 1.54) is 6.42 Å². The van der Waals surface area contributed by atoms with Gasteiger partial charge < -0.3 is 0 Å². The Labute approximate surface area is 84.1 Å². The van der Waals surface area contributed by atoms with E-state index in [0.29, 0.717) is 18.3 Å². The third-order valence-corrected chi connectivity index (χ3v) is 4.74.